The van der Waals surface area contributed by atoms with E-state index in [0.29, 0.717) is 35.7 Å². The van der Waals surface area contributed by atoms with Crippen LogP contribution in [-0.4, -0.2) is 45.3 Å². The monoisotopic (exact) mass is 453 g/mol. The number of benzene rings is 2. The number of esters is 1. The zero-order chi connectivity index (χ0) is 21.0. The van der Waals surface area contributed by atoms with Crippen LogP contribution in [0.2, 0.25) is 5.02 Å². The molecule has 9 heteroatoms. The second-order valence-electron chi connectivity index (χ2n) is 6.59. The summed E-state index contributed by atoms with van der Waals surface area (Å²) >= 11 is 7.29. The second-order valence-corrected chi connectivity index (χ2v) is 9.92. The van der Waals surface area contributed by atoms with Crippen molar-refractivity contribution in [2.24, 2.45) is 0 Å². The van der Waals surface area contributed by atoms with Crippen LogP contribution in [0.1, 0.15) is 22.3 Å². The molecule has 0 spiro atoms. The lowest BCUT2D eigenvalue weighted by Crippen LogP contribution is -2.34. The largest absolute Gasteiger partial charge is 0.457 e. The van der Waals surface area contributed by atoms with Crippen molar-refractivity contribution in [2.75, 3.05) is 29.5 Å². The molecule has 0 aliphatic carbocycles. The molecule has 1 heterocycles. The highest BCUT2D eigenvalue weighted by molar-refractivity contribution is 8.00. The summed E-state index contributed by atoms with van der Waals surface area (Å²) in [5.74, 6) is -0.797. The molecule has 0 bridgehead atoms. The molecule has 0 fully saturated rings. The number of hydrogen-bond donors (Lipinski definition) is 0. The Balaban J connectivity index is 1.58. The van der Waals surface area contributed by atoms with E-state index in [1.807, 2.05) is 6.07 Å². The van der Waals surface area contributed by atoms with Crippen molar-refractivity contribution >= 4 is 50.8 Å². The van der Waals surface area contributed by atoms with Gasteiger partial charge in [-0.15, -0.1) is 11.8 Å². The van der Waals surface area contributed by atoms with Crippen molar-refractivity contribution in [3.63, 3.8) is 0 Å². The molecule has 0 radical (unpaired) electrons. The predicted molar refractivity (Wildman–Crippen MR) is 114 cm³/mol. The van der Waals surface area contributed by atoms with Gasteiger partial charge in [0.25, 0.3) is 0 Å². The summed E-state index contributed by atoms with van der Waals surface area (Å²) in [7, 11) is -3.36. The van der Waals surface area contributed by atoms with Crippen LogP contribution in [0.15, 0.2) is 47.4 Å². The van der Waals surface area contributed by atoms with Gasteiger partial charge in [0.05, 0.1) is 22.7 Å². The Morgan fingerprint density at radius 1 is 1.21 bits per heavy atom. The number of anilines is 1. The molecule has 0 unspecified atom stereocenters. The molecule has 0 saturated heterocycles. The molecule has 29 heavy (non-hydrogen) atoms. The number of carbonyl (C=O) groups excluding carboxylic acids is 2. The third kappa shape index (κ3) is 5.52. The fourth-order valence-corrected chi connectivity index (χ4v) is 5.08. The summed E-state index contributed by atoms with van der Waals surface area (Å²) in [5, 5.41) is 0.554. The van der Waals surface area contributed by atoms with E-state index in [9.17, 15) is 18.0 Å². The molecule has 1 aliphatic rings. The Hall–Kier alpha value is -2.03. The minimum atomic E-state index is -3.36. The Morgan fingerprint density at radius 3 is 2.69 bits per heavy atom. The van der Waals surface area contributed by atoms with Crippen LogP contribution in [0.5, 0.6) is 0 Å². The zero-order valence-electron chi connectivity index (χ0n) is 15.8. The van der Waals surface area contributed by atoms with Gasteiger partial charge in [0.2, 0.25) is 10.0 Å². The number of ether oxygens (including phenoxy) is 1. The third-order valence-electron chi connectivity index (χ3n) is 4.42. The molecule has 154 valence electrons. The highest BCUT2D eigenvalue weighted by atomic mass is 35.5. The summed E-state index contributed by atoms with van der Waals surface area (Å²) in [6, 6.07) is 12.1. The average molecular weight is 454 g/mol. The number of Topliss-reactive ketones (excluding diaryl/α,β-unsaturated/α-hetero) is 1. The summed E-state index contributed by atoms with van der Waals surface area (Å²) in [4.78, 5) is 25.1. The van der Waals surface area contributed by atoms with Gasteiger partial charge in [-0.3, -0.25) is 13.9 Å². The molecule has 2 aromatic carbocycles. The van der Waals surface area contributed by atoms with Gasteiger partial charge in [0, 0.05) is 17.0 Å². The van der Waals surface area contributed by atoms with Gasteiger partial charge in [-0.2, -0.15) is 0 Å². The number of hydrogen-bond acceptors (Lipinski definition) is 6. The molecule has 0 N–H and O–H groups in total. The van der Waals surface area contributed by atoms with E-state index >= 15 is 0 Å². The van der Waals surface area contributed by atoms with Crippen LogP contribution in [-0.2, 0) is 26.0 Å². The summed E-state index contributed by atoms with van der Waals surface area (Å²) in [6.45, 7) is 0.0658. The normalized spacial score (nSPS) is 13.7. The van der Waals surface area contributed by atoms with Gasteiger partial charge in [0.1, 0.15) is 0 Å². The van der Waals surface area contributed by atoms with Gasteiger partial charge >= 0.3 is 5.97 Å². The highest BCUT2D eigenvalue weighted by Gasteiger charge is 2.24. The van der Waals surface area contributed by atoms with Gasteiger partial charge in [-0.25, -0.2) is 8.42 Å². The molecule has 0 aromatic heterocycles. The first-order chi connectivity index (χ1) is 13.8. The Kier molecular flexibility index (Phi) is 6.87. The van der Waals surface area contributed by atoms with Gasteiger partial charge in [-0.1, -0.05) is 23.7 Å². The van der Waals surface area contributed by atoms with Crippen LogP contribution < -0.4 is 4.31 Å². The minimum absolute atomic E-state index is 0.0462. The number of thioether (sulfide) groups is 1. The van der Waals surface area contributed by atoms with Crippen molar-refractivity contribution in [2.45, 2.75) is 17.7 Å². The molecule has 6 nitrogen and oxygen atoms in total. The number of nitrogens with zero attached hydrogens (tertiary/aromatic N) is 1. The maximum Gasteiger partial charge on any atom is 0.316 e. The molecule has 0 amide bonds. The fraction of sp³-hybridized carbons (Fsp3) is 0.300. The lowest BCUT2D eigenvalue weighted by molar-refractivity contribution is -0.139. The van der Waals surface area contributed by atoms with Gasteiger partial charge in [-0.05, 0) is 48.7 Å². The first-order valence-electron chi connectivity index (χ1n) is 8.92. The third-order valence-corrected chi connectivity index (χ3v) is 7.09. The molecule has 1 aliphatic heterocycles. The van der Waals surface area contributed by atoms with Crippen LogP contribution in [0.3, 0.4) is 0 Å². The molecule has 2 aromatic rings. The van der Waals surface area contributed by atoms with E-state index < -0.39 is 16.0 Å². The topological polar surface area (TPSA) is 80.8 Å². The number of aryl methyl sites for hydroxylation is 1. The number of ketones is 1. The van der Waals surface area contributed by atoms with Crippen LogP contribution >= 0.6 is 23.4 Å². The molecule has 3 rings (SSSR count). The summed E-state index contributed by atoms with van der Waals surface area (Å²) in [5.41, 5.74) is 1.79. The number of carbonyl (C=O) groups is 2. The van der Waals surface area contributed by atoms with Crippen LogP contribution in [0.4, 0.5) is 5.69 Å². The van der Waals surface area contributed by atoms with Crippen LogP contribution in [0, 0.1) is 0 Å². The zero-order valence-corrected chi connectivity index (χ0v) is 18.1. The van der Waals surface area contributed by atoms with Crippen molar-refractivity contribution in [3.8, 4) is 0 Å². The molecular formula is C20H20ClNO5S2. The van der Waals surface area contributed by atoms with E-state index in [1.165, 1.54) is 22.3 Å². The van der Waals surface area contributed by atoms with Crippen molar-refractivity contribution in [1.82, 2.24) is 0 Å². The Labute approximate surface area is 179 Å². The van der Waals surface area contributed by atoms with Crippen molar-refractivity contribution in [3.05, 3.63) is 58.6 Å². The van der Waals surface area contributed by atoms with E-state index in [0.717, 1.165) is 10.5 Å². The Morgan fingerprint density at radius 2 is 1.97 bits per heavy atom. The van der Waals surface area contributed by atoms with E-state index in [1.54, 1.807) is 36.4 Å². The van der Waals surface area contributed by atoms with Crippen molar-refractivity contribution < 1.29 is 22.7 Å². The minimum Gasteiger partial charge on any atom is -0.457 e. The molecule has 0 saturated carbocycles. The van der Waals surface area contributed by atoms with E-state index in [-0.39, 0.29) is 18.1 Å². The maximum absolute atomic E-state index is 12.4. The highest BCUT2D eigenvalue weighted by Crippen LogP contribution is 2.30. The summed E-state index contributed by atoms with van der Waals surface area (Å²) < 4.78 is 30.3. The number of halogens is 1. The Bertz CT molecular complexity index is 1040. The first-order valence-corrected chi connectivity index (χ1v) is 12.1. The SMILES string of the molecule is CS(=O)(=O)N1CCCc2cc(C(=O)COC(=O)CSc3ccccc3Cl)ccc21. The van der Waals surface area contributed by atoms with Gasteiger partial charge in [0.15, 0.2) is 12.4 Å². The molecular weight excluding hydrogens is 434 g/mol. The standard InChI is InChI=1S/C20H20ClNO5S2/c1-29(25,26)22-10-4-5-14-11-15(8-9-17(14)22)18(23)12-27-20(24)13-28-19-7-3-2-6-16(19)21/h2-3,6-9,11H,4-5,10,12-13H2,1H3. The maximum atomic E-state index is 12.4. The summed E-state index contributed by atoms with van der Waals surface area (Å²) in [6.07, 6.45) is 2.55. The quantitative estimate of drug-likeness (QED) is 0.362. The smallest absolute Gasteiger partial charge is 0.316 e. The number of rotatable bonds is 7. The number of fused-ring (bicyclic) bond motifs is 1. The number of sulfonamides is 1. The van der Waals surface area contributed by atoms with Gasteiger partial charge < -0.3 is 4.74 Å². The predicted octanol–water partition coefficient (Wildman–Crippen LogP) is 3.57. The van der Waals surface area contributed by atoms with Crippen molar-refractivity contribution in [1.29, 1.82) is 0 Å². The average Bonchev–Trinajstić information content (AvgIpc) is 2.69. The van der Waals surface area contributed by atoms with E-state index in [4.69, 9.17) is 16.3 Å². The molecule has 0 atom stereocenters. The second kappa shape index (κ2) is 9.19. The lowest BCUT2D eigenvalue weighted by Gasteiger charge is -2.29. The first kappa shape index (κ1) is 21.7. The van der Waals surface area contributed by atoms with Crippen LogP contribution in [0.25, 0.3) is 0 Å². The fourth-order valence-electron chi connectivity index (χ4n) is 3.05. The lowest BCUT2D eigenvalue weighted by atomic mass is 9.99. The van der Waals surface area contributed by atoms with E-state index in [2.05, 4.69) is 0 Å².